The molecule has 0 fully saturated rings. The number of nitrogens with zero attached hydrogens (tertiary/aromatic N) is 2. The first-order chi connectivity index (χ1) is 7.61. The molecule has 0 saturated carbocycles. The summed E-state index contributed by atoms with van der Waals surface area (Å²) in [4.78, 5) is 0. The molecule has 0 bridgehead atoms. The van der Waals surface area contributed by atoms with Crippen LogP contribution in [0.25, 0.3) is 0 Å². The summed E-state index contributed by atoms with van der Waals surface area (Å²) in [5, 5.41) is 41.0. The Balaban J connectivity index is 0.000000284. The molecule has 2 aromatic heterocycles. The third kappa shape index (κ3) is 5.15. The van der Waals surface area contributed by atoms with E-state index < -0.39 is 11.8 Å². The van der Waals surface area contributed by atoms with Crippen LogP contribution in [0, 0.1) is 10.4 Å². The Hall–Kier alpha value is -1.84. The van der Waals surface area contributed by atoms with Crippen LogP contribution >= 0.6 is 0 Å². The Morgan fingerprint density at radius 2 is 1.06 bits per heavy atom. The summed E-state index contributed by atoms with van der Waals surface area (Å²) < 4.78 is 0.556. The Bertz CT molecular complexity index is 382. The van der Waals surface area contributed by atoms with Crippen LogP contribution in [-0.4, -0.2) is 0 Å². The fourth-order valence-corrected chi connectivity index (χ4v) is 0.825. The van der Waals surface area contributed by atoms with Gasteiger partial charge in [0.15, 0.2) is 24.2 Å². The fourth-order valence-electron chi connectivity index (χ4n) is 0.825. The molecule has 0 radical (unpaired) electrons. The van der Waals surface area contributed by atoms with Crippen molar-refractivity contribution in [1.82, 2.24) is 0 Å². The van der Waals surface area contributed by atoms with E-state index in [1.807, 2.05) is 0 Å². The average Bonchev–Trinajstić information content (AvgIpc) is 2.28. The third-order valence-electron chi connectivity index (χ3n) is 1.58. The second-order valence-electron chi connectivity index (χ2n) is 2.73. The maximum Gasteiger partial charge on any atom is 2.00 e. The molecule has 2 aromatic rings. The molecule has 2 rings (SSSR count). The van der Waals surface area contributed by atoms with Crippen molar-refractivity contribution in [1.29, 1.82) is 0 Å². The SMILES string of the molecule is [O-]c1cccc[n+]1[O-].[O-]c1cccc[n+]1[O-].[Pd+2]. The number of pyridine rings is 2. The van der Waals surface area contributed by atoms with Gasteiger partial charge in [0, 0.05) is 12.1 Å². The Morgan fingerprint density at radius 1 is 0.706 bits per heavy atom. The molecule has 0 amide bonds. The summed E-state index contributed by atoms with van der Waals surface area (Å²) in [5.74, 6) is -1.04. The predicted octanol–water partition coefficient (Wildman–Crippen LogP) is -1.22. The molecule has 0 aromatic carbocycles. The summed E-state index contributed by atoms with van der Waals surface area (Å²) in [5.41, 5.74) is 0. The van der Waals surface area contributed by atoms with E-state index >= 15 is 0 Å². The molecule has 0 spiro atoms. The van der Waals surface area contributed by atoms with Crippen molar-refractivity contribution < 1.29 is 40.1 Å². The zero-order chi connectivity index (χ0) is 12.0. The van der Waals surface area contributed by atoms with Crippen LogP contribution in [0.15, 0.2) is 48.8 Å². The minimum atomic E-state index is -0.521. The monoisotopic (exact) mass is 326 g/mol. The van der Waals surface area contributed by atoms with Crippen molar-refractivity contribution in [3.8, 4) is 11.8 Å². The number of hydrogen-bond donors (Lipinski definition) is 0. The molecule has 0 unspecified atom stereocenters. The normalized spacial score (nSPS) is 8.47. The van der Waals surface area contributed by atoms with Gasteiger partial charge in [-0.2, -0.15) is 9.46 Å². The van der Waals surface area contributed by atoms with Crippen molar-refractivity contribution in [2.24, 2.45) is 0 Å². The van der Waals surface area contributed by atoms with Crippen molar-refractivity contribution in [3.63, 3.8) is 0 Å². The maximum absolute atomic E-state index is 10.3. The van der Waals surface area contributed by atoms with Crippen LogP contribution in [0.3, 0.4) is 0 Å². The number of aromatic nitrogens is 2. The predicted molar refractivity (Wildman–Crippen MR) is 49.7 cm³/mol. The molecular weight excluding hydrogens is 319 g/mol. The van der Waals surface area contributed by atoms with Crippen LogP contribution in [0.2, 0.25) is 0 Å². The second kappa shape index (κ2) is 7.44. The first kappa shape index (κ1) is 15.2. The first-order valence-corrected chi connectivity index (χ1v) is 4.31. The molecule has 0 atom stereocenters. The van der Waals surface area contributed by atoms with Crippen LogP contribution in [0.1, 0.15) is 0 Å². The van der Waals surface area contributed by atoms with Crippen molar-refractivity contribution in [2.75, 3.05) is 0 Å². The smallest absolute Gasteiger partial charge is 0.822 e. The van der Waals surface area contributed by atoms with Crippen LogP contribution in [0.4, 0.5) is 0 Å². The molecule has 0 N–H and O–H groups in total. The van der Waals surface area contributed by atoms with Gasteiger partial charge in [0.1, 0.15) is 0 Å². The molecule has 0 aliphatic heterocycles. The summed E-state index contributed by atoms with van der Waals surface area (Å²) in [7, 11) is 0. The van der Waals surface area contributed by atoms with Crippen molar-refractivity contribution in [2.45, 2.75) is 0 Å². The molecule has 17 heavy (non-hydrogen) atoms. The van der Waals surface area contributed by atoms with Gasteiger partial charge in [-0.25, -0.2) is 0 Å². The van der Waals surface area contributed by atoms with Crippen LogP contribution in [0.5, 0.6) is 11.8 Å². The van der Waals surface area contributed by atoms with Gasteiger partial charge in [-0.3, -0.25) is 0 Å². The average molecular weight is 327 g/mol. The van der Waals surface area contributed by atoms with Crippen molar-refractivity contribution in [3.05, 3.63) is 59.2 Å². The largest absolute Gasteiger partial charge is 2.00 e. The summed E-state index contributed by atoms with van der Waals surface area (Å²) in [6, 6.07) is 8.50. The third-order valence-corrected chi connectivity index (χ3v) is 1.58. The summed E-state index contributed by atoms with van der Waals surface area (Å²) in [6.07, 6.45) is 2.34. The first-order valence-electron chi connectivity index (χ1n) is 4.31. The van der Waals surface area contributed by atoms with Gasteiger partial charge in [0.25, 0.3) is 0 Å². The van der Waals surface area contributed by atoms with Gasteiger partial charge >= 0.3 is 20.4 Å². The molecule has 0 saturated heterocycles. The maximum atomic E-state index is 10.3. The van der Waals surface area contributed by atoms with E-state index in [-0.39, 0.29) is 29.9 Å². The standard InChI is InChI=1S/2C5H5NO2.Pd/c2*7-5-3-1-2-4-6(5)8;/h2*1-4,7H;/q;;+2/p-2. The van der Waals surface area contributed by atoms with E-state index in [1.165, 1.54) is 48.8 Å². The van der Waals surface area contributed by atoms with E-state index in [9.17, 15) is 20.6 Å². The minimum absolute atomic E-state index is 0. The van der Waals surface area contributed by atoms with Crippen molar-refractivity contribution >= 4 is 0 Å². The van der Waals surface area contributed by atoms with Gasteiger partial charge in [0.2, 0.25) is 0 Å². The van der Waals surface area contributed by atoms with Crippen LogP contribution < -0.4 is 19.7 Å². The summed E-state index contributed by atoms with van der Waals surface area (Å²) >= 11 is 0. The second-order valence-corrected chi connectivity index (χ2v) is 2.73. The zero-order valence-corrected chi connectivity index (χ0v) is 10.0. The molecule has 2 heterocycles. The fraction of sp³-hybridized carbons (Fsp3) is 0. The van der Waals surface area contributed by atoms with Gasteiger partial charge in [-0.05, 0) is 12.1 Å². The molecule has 0 aliphatic rings. The number of hydrogen-bond acceptors (Lipinski definition) is 4. The Labute approximate surface area is 111 Å². The van der Waals surface area contributed by atoms with E-state index in [1.54, 1.807) is 0 Å². The van der Waals surface area contributed by atoms with Gasteiger partial charge in [-0.1, -0.05) is 12.1 Å². The molecule has 0 aliphatic carbocycles. The number of rotatable bonds is 0. The quantitative estimate of drug-likeness (QED) is 0.344. The van der Waals surface area contributed by atoms with E-state index in [2.05, 4.69) is 0 Å². The van der Waals surface area contributed by atoms with Gasteiger partial charge in [0.05, 0.1) is 0 Å². The van der Waals surface area contributed by atoms with Crippen LogP contribution in [-0.2, 0) is 20.4 Å². The molecule has 92 valence electrons. The molecule has 7 heteroatoms. The minimum Gasteiger partial charge on any atom is -0.822 e. The Kier molecular flexibility index (Phi) is 6.63. The Morgan fingerprint density at radius 3 is 1.24 bits per heavy atom. The topological polar surface area (TPSA) is 100 Å². The van der Waals surface area contributed by atoms with Gasteiger partial charge < -0.3 is 20.6 Å². The van der Waals surface area contributed by atoms with E-state index in [4.69, 9.17) is 0 Å². The summed E-state index contributed by atoms with van der Waals surface area (Å²) in [6.45, 7) is 0. The van der Waals surface area contributed by atoms with E-state index in [0.29, 0.717) is 0 Å². The van der Waals surface area contributed by atoms with E-state index in [0.717, 1.165) is 0 Å². The van der Waals surface area contributed by atoms with Gasteiger partial charge in [-0.15, -0.1) is 0 Å². The molecular formula is C10H8N2O4Pd. The zero-order valence-electron chi connectivity index (χ0n) is 8.46. The molecule has 6 nitrogen and oxygen atoms in total.